The van der Waals surface area contributed by atoms with Crippen molar-refractivity contribution < 1.29 is 14.6 Å². The smallest absolute Gasteiger partial charge is 0.332 e. The maximum Gasteiger partial charge on any atom is 0.332 e. The zero-order valence-electron chi connectivity index (χ0n) is 13.2. The molecule has 2 aliphatic heterocycles. The number of aryl methyl sites for hydroxylation is 1. The first-order valence-corrected chi connectivity index (χ1v) is 8.09. The molecule has 0 saturated carbocycles. The van der Waals surface area contributed by atoms with Crippen molar-refractivity contribution in [2.75, 3.05) is 18.0 Å². The van der Waals surface area contributed by atoms with Crippen LogP contribution in [0, 0.1) is 24.2 Å². The van der Waals surface area contributed by atoms with E-state index in [0.717, 1.165) is 43.7 Å². The van der Waals surface area contributed by atoms with Gasteiger partial charge < -0.3 is 14.7 Å². The first-order chi connectivity index (χ1) is 11.1. The second-order valence-electron chi connectivity index (χ2n) is 6.37. The molecule has 2 fully saturated rings. The molecule has 0 spiro atoms. The lowest BCUT2D eigenvalue weighted by Crippen LogP contribution is -2.38. The molecular weight excluding hydrogens is 294 g/mol. The highest BCUT2D eigenvalue weighted by molar-refractivity contribution is 5.72. The number of hydrogen-bond acceptors (Lipinski definition) is 5. The highest BCUT2D eigenvalue weighted by Gasteiger charge is 2.36. The van der Waals surface area contributed by atoms with E-state index >= 15 is 0 Å². The highest BCUT2D eigenvalue weighted by Crippen LogP contribution is 2.33. The molecule has 6 heteroatoms. The number of pyridine rings is 1. The van der Waals surface area contributed by atoms with Crippen LogP contribution in [-0.4, -0.2) is 41.4 Å². The summed E-state index contributed by atoms with van der Waals surface area (Å²) in [5.74, 6) is -0.421. The summed E-state index contributed by atoms with van der Waals surface area (Å²) in [5.41, 5.74) is 2.35. The van der Waals surface area contributed by atoms with E-state index in [-0.39, 0.29) is 6.10 Å². The molecule has 2 aliphatic rings. The second-order valence-corrected chi connectivity index (χ2v) is 6.37. The van der Waals surface area contributed by atoms with E-state index < -0.39 is 12.1 Å². The van der Waals surface area contributed by atoms with Crippen molar-refractivity contribution in [2.45, 2.75) is 44.8 Å². The number of aromatic nitrogens is 1. The van der Waals surface area contributed by atoms with E-state index in [2.05, 4.69) is 16.0 Å². The van der Waals surface area contributed by atoms with Gasteiger partial charge in [-0.25, -0.2) is 9.78 Å². The minimum atomic E-state index is -0.846. The summed E-state index contributed by atoms with van der Waals surface area (Å²) in [4.78, 5) is 17.5. The molecule has 23 heavy (non-hydrogen) atoms. The first-order valence-electron chi connectivity index (χ1n) is 8.09. The zero-order chi connectivity index (χ0) is 16.4. The van der Waals surface area contributed by atoms with Crippen LogP contribution in [0.1, 0.15) is 37.1 Å². The molecule has 122 valence electrons. The largest absolute Gasteiger partial charge is 0.479 e. The molecule has 0 aromatic carbocycles. The van der Waals surface area contributed by atoms with E-state index in [1.165, 1.54) is 0 Å². The Bertz CT molecular complexity index is 632. The van der Waals surface area contributed by atoms with Crippen molar-refractivity contribution in [2.24, 2.45) is 5.92 Å². The first kappa shape index (κ1) is 15.8. The average molecular weight is 315 g/mol. The second kappa shape index (κ2) is 6.55. The molecule has 1 N–H and O–H groups in total. The van der Waals surface area contributed by atoms with Gasteiger partial charge in [-0.3, -0.25) is 0 Å². The number of nitrogens with zero attached hydrogens (tertiary/aromatic N) is 3. The number of anilines is 1. The van der Waals surface area contributed by atoms with Gasteiger partial charge in [0.15, 0.2) is 6.10 Å². The molecule has 1 aromatic rings. The summed E-state index contributed by atoms with van der Waals surface area (Å²) in [7, 11) is 0. The van der Waals surface area contributed by atoms with Crippen LogP contribution in [0.15, 0.2) is 12.1 Å². The van der Waals surface area contributed by atoms with Crippen molar-refractivity contribution in [1.82, 2.24) is 4.98 Å². The molecule has 0 bridgehead atoms. The van der Waals surface area contributed by atoms with Gasteiger partial charge >= 0.3 is 5.97 Å². The number of rotatable bonds is 3. The maximum absolute atomic E-state index is 11.0. The fourth-order valence-electron chi connectivity index (χ4n) is 3.61. The van der Waals surface area contributed by atoms with Crippen molar-refractivity contribution >= 4 is 11.7 Å². The molecule has 6 nitrogen and oxygen atoms in total. The van der Waals surface area contributed by atoms with Crippen LogP contribution in [0.4, 0.5) is 5.69 Å². The molecular formula is C17H21N3O3. The van der Waals surface area contributed by atoms with E-state index in [1.54, 1.807) is 0 Å². The van der Waals surface area contributed by atoms with Crippen molar-refractivity contribution in [3.8, 4) is 6.07 Å². The molecule has 1 aromatic heterocycles. The van der Waals surface area contributed by atoms with E-state index in [1.807, 2.05) is 19.1 Å². The average Bonchev–Trinajstić information content (AvgIpc) is 3.04. The Hall–Kier alpha value is -2.13. The van der Waals surface area contributed by atoms with E-state index in [9.17, 15) is 4.79 Å². The number of hydrogen-bond donors (Lipinski definition) is 1. The number of nitriles is 1. The molecule has 0 amide bonds. The van der Waals surface area contributed by atoms with Crippen molar-refractivity contribution in [1.29, 1.82) is 5.26 Å². The lowest BCUT2D eigenvalue weighted by Gasteiger charge is -2.36. The van der Waals surface area contributed by atoms with E-state index in [4.69, 9.17) is 15.1 Å². The van der Waals surface area contributed by atoms with Crippen LogP contribution in [0.5, 0.6) is 0 Å². The topological polar surface area (TPSA) is 86.5 Å². The molecule has 3 rings (SSSR count). The van der Waals surface area contributed by atoms with Gasteiger partial charge in [-0.1, -0.05) is 0 Å². The Morgan fingerprint density at radius 3 is 2.70 bits per heavy atom. The molecule has 2 atom stereocenters. The quantitative estimate of drug-likeness (QED) is 0.919. The van der Waals surface area contributed by atoms with Crippen molar-refractivity contribution in [3.63, 3.8) is 0 Å². The van der Waals surface area contributed by atoms with Gasteiger partial charge in [0.25, 0.3) is 0 Å². The van der Waals surface area contributed by atoms with Gasteiger partial charge in [0.2, 0.25) is 0 Å². The van der Waals surface area contributed by atoms with Gasteiger partial charge in [0.1, 0.15) is 11.8 Å². The van der Waals surface area contributed by atoms with Gasteiger partial charge in [-0.15, -0.1) is 0 Å². The molecule has 0 aliphatic carbocycles. The van der Waals surface area contributed by atoms with Crippen LogP contribution in [0.2, 0.25) is 0 Å². The van der Waals surface area contributed by atoms with Crippen LogP contribution in [0.25, 0.3) is 0 Å². The third-order valence-electron chi connectivity index (χ3n) is 4.81. The Balaban J connectivity index is 1.60. The summed E-state index contributed by atoms with van der Waals surface area (Å²) in [6.07, 6.45) is 2.89. The Kier molecular flexibility index (Phi) is 4.49. The Morgan fingerprint density at radius 1 is 1.35 bits per heavy atom. The number of carboxylic acid groups (broad SMARTS) is 1. The number of piperidine rings is 1. The molecule has 2 saturated heterocycles. The standard InChI is InChI=1S/C17H21N3O3/c1-11-8-14(9-13(10-18)19-11)20-6-4-12(5-7-20)15-2-3-16(23-15)17(21)22/h8-9,12,15-16H,2-7H2,1H3,(H,21,22)/t15-,16+/m0/s1. The van der Waals surface area contributed by atoms with E-state index in [0.29, 0.717) is 18.0 Å². The van der Waals surface area contributed by atoms with Crippen molar-refractivity contribution in [3.05, 3.63) is 23.5 Å². The highest BCUT2D eigenvalue weighted by atomic mass is 16.5. The van der Waals surface area contributed by atoms with Gasteiger partial charge in [0.05, 0.1) is 6.10 Å². The van der Waals surface area contributed by atoms with Crippen LogP contribution in [0.3, 0.4) is 0 Å². The molecule has 0 radical (unpaired) electrons. The molecule has 3 heterocycles. The summed E-state index contributed by atoms with van der Waals surface area (Å²) in [6, 6.07) is 5.94. The number of ether oxygens (including phenoxy) is 1. The number of carbonyl (C=O) groups is 1. The predicted octanol–water partition coefficient (Wildman–Crippen LogP) is 2.11. The normalized spacial score (nSPS) is 25.3. The zero-order valence-corrected chi connectivity index (χ0v) is 13.2. The lowest BCUT2D eigenvalue weighted by molar-refractivity contribution is -0.150. The summed E-state index contributed by atoms with van der Waals surface area (Å²) < 4.78 is 5.69. The van der Waals surface area contributed by atoms with Gasteiger partial charge in [0, 0.05) is 24.5 Å². The fourth-order valence-corrected chi connectivity index (χ4v) is 3.61. The van der Waals surface area contributed by atoms with Gasteiger partial charge in [-0.2, -0.15) is 5.26 Å². The van der Waals surface area contributed by atoms with Crippen LogP contribution >= 0.6 is 0 Å². The maximum atomic E-state index is 11.0. The number of aliphatic carboxylic acids is 1. The lowest BCUT2D eigenvalue weighted by atomic mass is 9.89. The predicted molar refractivity (Wildman–Crippen MR) is 84.2 cm³/mol. The monoisotopic (exact) mass is 315 g/mol. The minimum absolute atomic E-state index is 0.0760. The van der Waals surface area contributed by atoms with Crippen LogP contribution < -0.4 is 4.90 Å². The molecule has 0 unspecified atom stereocenters. The Morgan fingerprint density at radius 2 is 2.09 bits per heavy atom. The van der Waals surface area contributed by atoms with Gasteiger partial charge in [-0.05, 0) is 50.7 Å². The van der Waals surface area contributed by atoms with Crippen LogP contribution in [-0.2, 0) is 9.53 Å². The SMILES string of the molecule is Cc1cc(N2CCC([C@@H]3CC[C@H](C(=O)O)O3)CC2)cc(C#N)n1. The Labute approximate surface area is 135 Å². The minimum Gasteiger partial charge on any atom is -0.479 e. The third kappa shape index (κ3) is 3.45. The summed E-state index contributed by atoms with van der Waals surface area (Å²) >= 11 is 0. The third-order valence-corrected chi connectivity index (χ3v) is 4.81. The summed E-state index contributed by atoms with van der Waals surface area (Å²) in [6.45, 7) is 3.70. The fraction of sp³-hybridized carbons (Fsp3) is 0.588. The number of carboxylic acids is 1. The summed E-state index contributed by atoms with van der Waals surface area (Å²) in [5, 5.41) is 18.1.